The molecule has 96 valence electrons. The van der Waals surface area contributed by atoms with Gasteiger partial charge in [-0.1, -0.05) is 0 Å². The minimum Gasteiger partial charge on any atom is -0.307 e. The van der Waals surface area contributed by atoms with E-state index >= 15 is 0 Å². The molecule has 1 atom stereocenters. The van der Waals surface area contributed by atoms with E-state index in [2.05, 4.69) is 38.3 Å². The first kappa shape index (κ1) is 13.8. The highest BCUT2D eigenvalue weighted by Gasteiger charge is 2.38. The summed E-state index contributed by atoms with van der Waals surface area (Å²) in [6, 6.07) is -0.565. The van der Waals surface area contributed by atoms with Crippen LogP contribution in [0.2, 0.25) is 0 Å². The van der Waals surface area contributed by atoms with E-state index in [9.17, 15) is 8.78 Å². The van der Waals surface area contributed by atoms with Crippen LogP contribution in [0.3, 0.4) is 0 Å². The van der Waals surface area contributed by atoms with Crippen LogP contribution in [0.15, 0.2) is 0 Å². The Bertz CT molecular complexity index is 223. The molecule has 2 N–H and O–H groups in total. The van der Waals surface area contributed by atoms with Crippen molar-refractivity contribution in [3.63, 3.8) is 0 Å². The van der Waals surface area contributed by atoms with E-state index < -0.39 is 12.5 Å². The van der Waals surface area contributed by atoms with Crippen molar-refractivity contribution < 1.29 is 8.78 Å². The maximum Gasteiger partial charge on any atom is 0.253 e. The van der Waals surface area contributed by atoms with Crippen molar-refractivity contribution in [2.75, 3.05) is 0 Å². The number of halogens is 2. The van der Waals surface area contributed by atoms with Gasteiger partial charge in [0.05, 0.1) is 6.04 Å². The van der Waals surface area contributed by atoms with E-state index in [-0.39, 0.29) is 17.1 Å². The van der Waals surface area contributed by atoms with E-state index in [0.29, 0.717) is 0 Å². The molecular weight excluding hydrogens is 210 g/mol. The Kier molecular flexibility index (Phi) is 3.95. The Labute approximate surface area is 97.2 Å². The second-order valence-corrected chi connectivity index (χ2v) is 6.29. The average molecular weight is 234 g/mol. The third-order valence-electron chi connectivity index (χ3n) is 3.07. The van der Waals surface area contributed by atoms with Crippen LogP contribution in [0.25, 0.3) is 0 Å². The largest absolute Gasteiger partial charge is 0.307 e. The van der Waals surface area contributed by atoms with Crippen molar-refractivity contribution in [2.45, 2.75) is 77.0 Å². The molecule has 1 saturated heterocycles. The van der Waals surface area contributed by atoms with Crippen LogP contribution in [0.4, 0.5) is 8.78 Å². The van der Waals surface area contributed by atoms with Crippen LogP contribution in [0.5, 0.6) is 0 Å². The highest BCUT2D eigenvalue weighted by Crippen LogP contribution is 2.28. The zero-order valence-electron chi connectivity index (χ0n) is 10.9. The first-order valence-electron chi connectivity index (χ1n) is 5.95. The van der Waals surface area contributed by atoms with Crippen molar-refractivity contribution in [2.24, 2.45) is 0 Å². The zero-order chi connectivity index (χ0) is 12.6. The number of rotatable bonds is 3. The van der Waals surface area contributed by atoms with Gasteiger partial charge in [0.2, 0.25) is 0 Å². The molecule has 1 unspecified atom stereocenters. The summed E-state index contributed by atoms with van der Waals surface area (Å²) in [5, 5.41) is 6.58. The monoisotopic (exact) mass is 234 g/mol. The molecule has 4 heteroatoms. The summed E-state index contributed by atoms with van der Waals surface area (Å²) in [6.07, 6.45) is -0.526. The molecule has 1 aliphatic rings. The molecule has 1 fully saturated rings. The predicted molar refractivity (Wildman–Crippen MR) is 62.9 cm³/mol. The minimum absolute atomic E-state index is 0.00125. The number of hydrogen-bond donors (Lipinski definition) is 2. The zero-order valence-corrected chi connectivity index (χ0v) is 10.9. The molecule has 0 saturated carbocycles. The van der Waals surface area contributed by atoms with Crippen LogP contribution in [0, 0.1) is 0 Å². The molecule has 1 heterocycles. The summed E-state index contributed by atoms with van der Waals surface area (Å²) < 4.78 is 25.0. The molecule has 0 aromatic heterocycles. The lowest BCUT2D eigenvalue weighted by Gasteiger charge is -2.47. The van der Waals surface area contributed by atoms with Gasteiger partial charge in [-0.25, -0.2) is 8.78 Å². The molecule has 0 spiro atoms. The van der Waals surface area contributed by atoms with Gasteiger partial charge in [-0.2, -0.15) is 0 Å². The number of nitrogens with one attached hydrogen (secondary N) is 2. The maximum atomic E-state index is 12.5. The smallest absolute Gasteiger partial charge is 0.253 e. The summed E-state index contributed by atoms with van der Waals surface area (Å²) in [4.78, 5) is 0. The second-order valence-electron chi connectivity index (χ2n) is 6.29. The van der Waals surface area contributed by atoms with Gasteiger partial charge in [0.25, 0.3) is 6.43 Å². The van der Waals surface area contributed by atoms with Crippen LogP contribution >= 0.6 is 0 Å². The lowest BCUT2D eigenvalue weighted by Crippen LogP contribution is -2.62. The van der Waals surface area contributed by atoms with Crippen molar-refractivity contribution in [3.8, 4) is 0 Å². The van der Waals surface area contributed by atoms with Gasteiger partial charge in [-0.15, -0.1) is 0 Å². The standard InChI is InChI=1S/C12H24F2N2/c1-8(10(13)14)15-9-6-11(2,3)16-12(4,5)7-9/h8-10,15-16H,6-7H2,1-5H3. The molecule has 2 nitrogen and oxygen atoms in total. The number of alkyl halides is 2. The SMILES string of the molecule is CC(NC1CC(C)(C)NC(C)(C)C1)C(F)F. The lowest BCUT2D eigenvalue weighted by atomic mass is 9.79. The topological polar surface area (TPSA) is 24.1 Å². The molecule has 0 amide bonds. The Balaban J connectivity index is 2.61. The molecule has 0 bridgehead atoms. The molecule has 0 aromatic carbocycles. The molecule has 16 heavy (non-hydrogen) atoms. The first-order chi connectivity index (χ1) is 7.11. The van der Waals surface area contributed by atoms with E-state index in [1.54, 1.807) is 6.92 Å². The fourth-order valence-corrected chi connectivity index (χ4v) is 2.88. The average Bonchev–Trinajstić information content (AvgIpc) is 1.96. The third-order valence-corrected chi connectivity index (χ3v) is 3.07. The van der Waals surface area contributed by atoms with Gasteiger partial charge in [0, 0.05) is 17.1 Å². The third kappa shape index (κ3) is 3.98. The van der Waals surface area contributed by atoms with Crippen molar-refractivity contribution in [1.29, 1.82) is 0 Å². The van der Waals surface area contributed by atoms with Crippen LogP contribution in [-0.4, -0.2) is 29.6 Å². The lowest BCUT2D eigenvalue weighted by molar-refractivity contribution is 0.0777. The van der Waals surface area contributed by atoms with Crippen LogP contribution in [-0.2, 0) is 0 Å². The highest BCUT2D eigenvalue weighted by molar-refractivity contribution is 5.00. The number of hydrogen-bond acceptors (Lipinski definition) is 2. The second kappa shape index (κ2) is 4.57. The Morgan fingerprint density at radius 1 is 1.12 bits per heavy atom. The van der Waals surface area contributed by atoms with E-state index in [4.69, 9.17) is 0 Å². The summed E-state index contributed by atoms with van der Waals surface area (Å²) in [7, 11) is 0. The van der Waals surface area contributed by atoms with E-state index in [1.807, 2.05) is 0 Å². The normalized spacial score (nSPS) is 27.0. The molecule has 0 aromatic rings. The fraction of sp³-hybridized carbons (Fsp3) is 1.00. The van der Waals surface area contributed by atoms with Gasteiger partial charge in [0.15, 0.2) is 0 Å². The van der Waals surface area contributed by atoms with Gasteiger partial charge >= 0.3 is 0 Å². The van der Waals surface area contributed by atoms with Gasteiger partial charge in [-0.05, 0) is 47.5 Å². The fourth-order valence-electron chi connectivity index (χ4n) is 2.88. The van der Waals surface area contributed by atoms with Crippen molar-refractivity contribution in [3.05, 3.63) is 0 Å². The summed E-state index contributed by atoms with van der Waals surface area (Å²) >= 11 is 0. The Hall–Kier alpha value is -0.220. The van der Waals surface area contributed by atoms with E-state index in [0.717, 1.165) is 12.8 Å². The predicted octanol–water partition coefficient (Wildman–Crippen LogP) is 2.54. The van der Waals surface area contributed by atoms with E-state index in [1.165, 1.54) is 0 Å². The molecule has 0 radical (unpaired) electrons. The van der Waals surface area contributed by atoms with Gasteiger partial charge < -0.3 is 10.6 Å². The maximum absolute atomic E-state index is 12.5. The summed E-state index contributed by atoms with van der Waals surface area (Å²) in [5.74, 6) is 0. The molecule has 0 aliphatic carbocycles. The molecular formula is C12H24F2N2. The van der Waals surface area contributed by atoms with Gasteiger partial charge in [-0.3, -0.25) is 0 Å². The van der Waals surface area contributed by atoms with Crippen LogP contribution in [0.1, 0.15) is 47.5 Å². The summed E-state index contributed by atoms with van der Waals surface area (Å²) in [5.41, 5.74) is 0.00250. The number of piperidine rings is 1. The van der Waals surface area contributed by atoms with Crippen molar-refractivity contribution >= 4 is 0 Å². The van der Waals surface area contributed by atoms with Crippen LogP contribution < -0.4 is 10.6 Å². The van der Waals surface area contributed by atoms with Gasteiger partial charge in [0.1, 0.15) is 0 Å². The quantitative estimate of drug-likeness (QED) is 0.784. The minimum atomic E-state index is -2.29. The Morgan fingerprint density at radius 3 is 1.94 bits per heavy atom. The molecule has 1 rings (SSSR count). The molecule has 1 aliphatic heterocycles. The summed E-state index contributed by atoms with van der Waals surface area (Å²) in [6.45, 7) is 10.0. The van der Waals surface area contributed by atoms with Crippen molar-refractivity contribution in [1.82, 2.24) is 10.6 Å². The first-order valence-corrected chi connectivity index (χ1v) is 5.95. The Morgan fingerprint density at radius 2 is 1.56 bits per heavy atom. The highest BCUT2D eigenvalue weighted by atomic mass is 19.3.